The normalized spacial score (nSPS) is 17.8. The Labute approximate surface area is 103 Å². The molecule has 1 atom stereocenters. The van der Waals surface area contributed by atoms with E-state index in [9.17, 15) is 5.11 Å². The highest BCUT2D eigenvalue weighted by atomic mass is 79.9. The zero-order valence-electron chi connectivity index (χ0n) is 8.21. The topological polar surface area (TPSA) is 32.3 Å². The molecule has 1 saturated carbocycles. The molecule has 0 bridgehead atoms. The van der Waals surface area contributed by atoms with E-state index in [2.05, 4.69) is 21.2 Å². The molecule has 0 amide bonds. The van der Waals surface area contributed by atoms with Crippen molar-refractivity contribution in [3.63, 3.8) is 0 Å². The summed E-state index contributed by atoms with van der Waals surface area (Å²) >= 11 is 9.28. The van der Waals surface area contributed by atoms with Gasteiger partial charge in [0.1, 0.15) is 0 Å². The summed E-state index contributed by atoms with van der Waals surface area (Å²) in [5, 5.41) is 13.8. The van der Waals surface area contributed by atoms with Gasteiger partial charge in [-0.2, -0.15) is 0 Å². The smallest absolute Gasteiger partial charge is 0.0915 e. The average Bonchev–Trinajstić information content (AvgIpc) is 3.02. The minimum absolute atomic E-state index is 0.476. The molecule has 2 rings (SSSR count). The second-order valence-corrected chi connectivity index (χ2v) is 5.13. The highest BCUT2D eigenvalue weighted by Gasteiger charge is 2.21. The molecule has 2 N–H and O–H groups in total. The zero-order valence-corrected chi connectivity index (χ0v) is 10.6. The standard InChI is InChI=1S/C11H13BrClNO/c12-9-4-1-7(5-10(9)13)11(15)6-14-8-2-3-8/h1,4-5,8,11,14-15H,2-3,6H2. The van der Waals surface area contributed by atoms with Crippen LogP contribution in [0, 0.1) is 0 Å². The van der Waals surface area contributed by atoms with E-state index in [1.165, 1.54) is 12.8 Å². The number of benzene rings is 1. The SMILES string of the molecule is OC(CNC1CC1)c1ccc(Br)c(Cl)c1. The molecule has 15 heavy (non-hydrogen) atoms. The van der Waals surface area contributed by atoms with Gasteiger partial charge in [0.2, 0.25) is 0 Å². The fourth-order valence-corrected chi connectivity index (χ4v) is 1.84. The van der Waals surface area contributed by atoms with Crippen LogP contribution in [-0.4, -0.2) is 17.7 Å². The first-order chi connectivity index (χ1) is 7.16. The van der Waals surface area contributed by atoms with Crippen molar-refractivity contribution in [1.82, 2.24) is 5.32 Å². The van der Waals surface area contributed by atoms with Gasteiger partial charge in [-0.15, -0.1) is 0 Å². The fourth-order valence-electron chi connectivity index (χ4n) is 1.40. The summed E-state index contributed by atoms with van der Waals surface area (Å²) in [4.78, 5) is 0. The maximum absolute atomic E-state index is 9.88. The summed E-state index contributed by atoms with van der Waals surface area (Å²) in [6, 6.07) is 6.16. The van der Waals surface area contributed by atoms with Crippen LogP contribution in [-0.2, 0) is 0 Å². The van der Waals surface area contributed by atoms with Gasteiger partial charge < -0.3 is 10.4 Å². The van der Waals surface area contributed by atoms with Gasteiger partial charge in [0.15, 0.2) is 0 Å². The molecule has 1 unspecified atom stereocenters. The zero-order chi connectivity index (χ0) is 10.8. The molecule has 1 aliphatic rings. The van der Waals surface area contributed by atoms with E-state index in [1.807, 2.05) is 12.1 Å². The van der Waals surface area contributed by atoms with Gasteiger partial charge in [-0.1, -0.05) is 17.7 Å². The predicted octanol–water partition coefficient (Wildman–Crippen LogP) is 2.89. The van der Waals surface area contributed by atoms with Crippen LogP contribution >= 0.6 is 27.5 Å². The Balaban J connectivity index is 1.97. The van der Waals surface area contributed by atoms with E-state index < -0.39 is 6.10 Å². The Morgan fingerprint density at radius 1 is 1.53 bits per heavy atom. The Kier molecular flexibility index (Phi) is 3.67. The molecule has 0 heterocycles. The second kappa shape index (κ2) is 4.83. The molecule has 0 aliphatic heterocycles. The molecule has 2 nitrogen and oxygen atoms in total. The third-order valence-electron chi connectivity index (χ3n) is 2.51. The molecular weight excluding hydrogens is 277 g/mol. The maximum atomic E-state index is 9.88. The summed E-state index contributed by atoms with van der Waals surface area (Å²) in [5.41, 5.74) is 0.858. The number of hydrogen-bond donors (Lipinski definition) is 2. The van der Waals surface area contributed by atoms with Gasteiger partial charge in [0.05, 0.1) is 11.1 Å². The fraction of sp³-hybridized carbons (Fsp3) is 0.455. The summed E-state index contributed by atoms with van der Waals surface area (Å²) in [5.74, 6) is 0. The highest BCUT2D eigenvalue weighted by molar-refractivity contribution is 9.10. The molecule has 4 heteroatoms. The Morgan fingerprint density at radius 3 is 2.87 bits per heavy atom. The van der Waals surface area contributed by atoms with E-state index in [-0.39, 0.29) is 0 Å². The van der Waals surface area contributed by atoms with Gasteiger partial charge in [-0.3, -0.25) is 0 Å². The predicted molar refractivity (Wildman–Crippen MR) is 65.1 cm³/mol. The number of rotatable bonds is 4. The van der Waals surface area contributed by atoms with Crippen molar-refractivity contribution in [3.05, 3.63) is 33.3 Å². The van der Waals surface area contributed by atoms with Crippen molar-refractivity contribution in [1.29, 1.82) is 0 Å². The second-order valence-electron chi connectivity index (χ2n) is 3.87. The molecule has 1 aromatic carbocycles. The van der Waals surface area contributed by atoms with E-state index in [0.717, 1.165) is 10.0 Å². The first-order valence-corrected chi connectivity index (χ1v) is 6.20. The summed E-state index contributed by atoms with van der Waals surface area (Å²) < 4.78 is 0.857. The van der Waals surface area contributed by atoms with Crippen LogP contribution in [0.25, 0.3) is 0 Å². The maximum Gasteiger partial charge on any atom is 0.0915 e. The lowest BCUT2D eigenvalue weighted by atomic mass is 10.1. The van der Waals surface area contributed by atoms with Gasteiger partial charge in [0, 0.05) is 17.1 Å². The van der Waals surface area contributed by atoms with Crippen molar-refractivity contribution in [2.24, 2.45) is 0 Å². The van der Waals surface area contributed by atoms with Gasteiger partial charge in [0.25, 0.3) is 0 Å². The lowest BCUT2D eigenvalue weighted by Gasteiger charge is -2.12. The van der Waals surface area contributed by atoms with Crippen molar-refractivity contribution >= 4 is 27.5 Å². The molecular formula is C11H13BrClNO. The quantitative estimate of drug-likeness (QED) is 0.894. The molecule has 0 aromatic heterocycles. The van der Waals surface area contributed by atoms with Crippen molar-refractivity contribution in [2.45, 2.75) is 25.0 Å². The highest BCUT2D eigenvalue weighted by Crippen LogP contribution is 2.26. The molecule has 82 valence electrons. The first-order valence-electron chi connectivity index (χ1n) is 5.03. The van der Waals surface area contributed by atoms with Crippen molar-refractivity contribution in [2.75, 3.05) is 6.54 Å². The van der Waals surface area contributed by atoms with Crippen LogP contribution in [0.15, 0.2) is 22.7 Å². The first kappa shape index (κ1) is 11.4. The lowest BCUT2D eigenvalue weighted by Crippen LogP contribution is -2.23. The van der Waals surface area contributed by atoms with Gasteiger partial charge in [-0.25, -0.2) is 0 Å². The molecule has 1 aliphatic carbocycles. The van der Waals surface area contributed by atoms with E-state index in [0.29, 0.717) is 17.6 Å². The third-order valence-corrected chi connectivity index (χ3v) is 3.74. The van der Waals surface area contributed by atoms with Crippen molar-refractivity contribution < 1.29 is 5.11 Å². The van der Waals surface area contributed by atoms with Crippen LogP contribution in [0.5, 0.6) is 0 Å². The number of aliphatic hydroxyl groups excluding tert-OH is 1. The number of halogens is 2. The van der Waals surface area contributed by atoms with Crippen LogP contribution in [0.3, 0.4) is 0 Å². The number of nitrogens with one attached hydrogen (secondary N) is 1. The Bertz CT molecular complexity index is 354. The Hall–Kier alpha value is -0.0900. The van der Waals surface area contributed by atoms with E-state index in [4.69, 9.17) is 11.6 Å². The van der Waals surface area contributed by atoms with Crippen LogP contribution in [0.2, 0.25) is 5.02 Å². The van der Waals surface area contributed by atoms with Gasteiger partial charge in [-0.05, 0) is 46.5 Å². The monoisotopic (exact) mass is 289 g/mol. The average molecular weight is 291 g/mol. The molecule has 1 aromatic rings. The molecule has 1 fully saturated rings. The minimum Gasteiger partial charge on any atom is -0.387 e. The van der Waals surface area contributed by atoms with Crippen LogP contribution in [0.1, 0.15) is 24.5 Å². The summed E-state index contributed by atoms with van der Waals surface area (Å²) in [7, 11) is 0. The minimum atomic E-state index is -0.476. The largest absolute Gasteiger partial charge is 0.387 e. The lowest BCUT2D eigenvalue weighted by molar-refractivity contribution is 0.174. The van der Waals surface area contributed by atoms with E-state index >= 15 is 0 Å². The molecule has 0 radical (unpaired) electrons. The van der Waals surface area contributed by atoms with Crippen molar-refractivity contribution in [3.8, 4) is 0 Å². The van der Waals surface area contributed by atoms with Gasteiger partial charge >= 0.3 is 0 Å². The van der Waals surface area contributed by atoms with E-state index in [1.54, 1.807) is 6.07 Å². The number of aliphatic hydroxyl groups is 1. The summed E-state index contributed by atoms with van der Waals surface area (Å²) in [6.07, 6.45) is 1.98. The summed E-state index contributed by atoms with van der Waals surface area (Å²) in [6.45, 7) is 0.600. The molecule has 0 saturated heterocycles. The van der Waals surface area contributed by atoms with Crippen LogP contribution < -0.4 is 5.32 Å². The molecule has 0 spiro atoms. The van der Waals surface area contributed by atoms with Crippen LogP contribution in [0.4, 0.5) is 0 Å². The third kappa shape index (κ3) is 3.18. The Morgan fingerprint density at radius 2 is 2.27 bits per heavy atom. The number of hydrogen-bond acceptors (Lipinski definition) is 2.